The summed E-state index contributed by atoms with van der Waals surface area (Å²) in [6, 6.07) is 10.7. The van der Waals surface area contributed by atoms with Gasteiger partial charge < -0.3 is 14.6 Å². The van der Waals surface area contributed by atoms with Crippen molar-refractivity contribution in [1.29, 1.82) is 5.26 Å². The van der Waals surface area contributed by atoms with Crippen molar-refractivity contribution in [2.24, 2.45) is 0 Å². The Balaban J connectivity index is 1.75. The summed E-state index contributed by atoms with van der Waals surface area (Å²) in [5.41, 5.74) is 0.802. The van der Waals surface area contributed by atoms with Gasteiger partial charge in [-0.15, -0.1) is 0 Å². The van der Waals surface area contributed by atoms with E-state index in [-0.39, 0.29) is 21.6 Å². The number of benzene rings is 2. The van der Waals surface area contributed by atoms with Crippen LogP contribution in [0.1, 0.15) is 5.56 Å². The molecular weight excluding hydrogens is 452 g/mol. The Bertz CT molecular complexity index is 1460. The summed E-state index contributed by atoms with van der Waals surface area (Å²) >= 11 is 6.33. The third-order valence-electron chi connectivity index (χ3n) is 5.56. The second-order valence-electron chi connectivity index (χ2n) is 7.46. The van der Waals surface area contributed by atoms with Gasteiger partial charge in [0.25, 0.3) is 5.56 Å². The third-order valence-corrected chi connectivity index (χ3v) is 5.85. The van der Waals surface area contributed by atoms with Gasteiger partial charge in [0.05, 0.1) is 34.9 Å². The lowest BCUT2D eigenvalue weighted by molar-refractivity contribution is 0.122. The molecule has 0 atom stereocenters. The molecule has 10 heteroatoms. The van der Waals surface area contributed by atoms with Crippen LogP contribution in [0.5, 0.6) is 0 Å². The molecule has 1 saturated heterocycles. The lowest BCUT2D eigenvalue weighted by Crippen LogP contribution is -2.36. The van der Waals surface area contributed by atoms with E-state index in [2.05, 4.69) is 16.2 Å². The van der Waals surface area contributed by atoms with E-state index in [0.717, 1.165) is 22.5 Å². The summed E-state index contributed by atoms with van der Waals surface area (Å²) in [7, 11) is 0. The molecule has 0 radical (unpaired) electrons. The number of aromatic amines is 1. The SMILES string of the molecule is N#Cc1cc(-c2nn(-c3c(F)cccc3F)c3c(Cl)c[nH]c(=O)c23)ccc1N1CCOCC1. The summed E-state index contributed by atoms with van der Waals surface area (Å²) < 4.78 is 35.6. The Morgan fingerprint density at radius 3 is 2.58 bits per heavy atom. The van der Waals surface area contributed by atoms with E-state index in [1.54, 1.807) is 18.2 Å². The van der Waals surface area contributed by atoms with E-state index < -0.39 is 22.9 Å². The largest absolute Gasteiger partial charge is 0.378 e. The monoisotopic (exact) mass is 467 g/mol. The van der Waals surface area contributed by atoms with Gasteiger partial charge >= 0.3 is 0 Å². The first-order valence-corrected chi connectivity index (χ1v) is 10.5. The highest BCUT2D eigenvalue weighted by atomic mass is 35.5. The van der Waals surface area contributed by atoms with E-state index in [4.69, 9.17) is 16.3 Å². The fourth-order valence-electron chi connectivity index (χ4n) is 4.03. The van der Waals surface area contributed by atoms with Crippen LogP contribution in [-0.4, -0.2) is 41.1 Å². The Kier molecular flexibility index (Phi) is 5.32. The van der Waals surface area contributed by atoms with Gasteiger partial charge in [0.2, 0.25) is 0 Å². The lowest BCUT2D eigenvalue weighted by Gasteiger charge is -2.29. The van der Waals surface area contributed by atoms with E-state index in [0.29, 0.717) is 37.4 Å². The molecule has 0 unspecified atom stereocenters. The molecule has 0 saturated carbocycles. The van der Waals surface area contributed by atoms with Crippen LogP contribution in [-0.2, 0) is 4.74 Å². The number of halogens is 3. The summed E-state index contributed by atoms with van der Waals surface area (Å²) in [4.78, 5) is 17.3. The van der Waals surface area contributed by atoms with E-state index in [9.17, 15) is 18.8 Å². The van der Waals surface area contributed by atoms with Crippen molar-refractivity contribution < 1.29 is 13.5 Å². The number of nitrogens with one attached hydrogen (secondary N) is 1. The molecule has 0 amide bonds. The predicted octanol–water partition coefficient (Wildman–Crippen LogP) is 4.02. The van der Waals surface area contributed by atoms with E-state index in [1.807, 2.05) is 4.90 Å². The number of ether oxygens (including phenoxy) is 1. The zero-order chi connectivity index (χ0) is 23.1. The second-order valence-corrected chi connectivity index (χ2v) is 7.87. The minimum Gasteiger partial charge on any atom is -0.378 e. The number of aromatic nitrogens is 3. The van der Waals surface area contributed by atoms with E-state index >= 15 is 0 Å². The molecule has 4 aromatic rings. The maximum Gasteiger partial charge on any atom is 0.259 e. The fourth-order valence-corrected chi connectivity index (χ4v) is 4.26. The summed E-state index contributed by atoms with van der Waals surface area (Å²) in [5, 5.41) is 14.3. The number of anilines is 1. The molecule has 5 rings (SSSR count). The predicted molar refractivity (Wildman–Crippen MR) is 120 cm³/mol. The maximum atomic E-state index is 14.6. The van der Waals surface area contributed by atoms with Gasteiger partial charge in [0, 0.05) is 24.8 Å². The molecule has 2 aromatic carbocycles. The number of hydrogen-bond donors (Lipinski definition) is 1. The van der Waals surface area contributed by atoms with Crippen LogP contribution >= 0.6 is 11.6 Å². The Labute approximate surface area is 191 Å². The Morgan fingerprint density at radius 2 is 1.88 bits per heavy atom. The minimum absolute atomic E-state index is 0.0631. The lowest BCUT2D eigenvalue weighted by atomic mass is 10.0. The molecule has 1 aliphatic heterocycles. The summed E-state index contributed by atoms with van der Waals surface area (Å²) in [6.07, 6.45) is 1.25. The van der Waals surface area contributed by atoms with Crippen molar-refractivity contribution in [2.75, 3.05) is 31.2 Å². The van der Waals surface area contributed by atoms with Crippen LogP contribution in [0.25, 0.3) is 27.8 Å². The van der Waals surface area contributed by atoms with Crippen LogP contribution in [0, 0.1) is 23.0 Å². The molecule has 166 valence electrons. The molecule has 1 aliphatic rings. The number of nitriles is 1. The maximum absolute atomic E-state index is 14.6. The molecule has 3 heterocycles. The highest BCUT2D eigenvalue weighted by Gasteiger charge is 2.24. The Hall–Kier alpha value is -3.74. The van der Waals surface area contributed by atoms with Gasteiger partial charge in [-0.1, -0.05) is 23.7 Å². The first-order chi connectivity index (χ1) is 16.0. The van der Waals surface area contributed by atoms with Crippen LogP contribution < -0.4 is 10.5 Å². The molecular formula is C23H16ClF2N5O2. The number of morpholine rings is 1. The van der Waals surface area contributed by atoms with Gasteiger partial charge in [-0.05, 0) is 24.3 Å². The van der Waals surface area contributed by atoms with E-state index in [1.165, 1.54) is 12.3 Å². The molecule has 1 fully saturated rings. The number of pyridine rings is 1. The van der Waals surface area contributed by atoms with Crippen molar-refractivity contribution in [3.63, 3.8) is 0 Å². The number of nitrogens with zero attached hydrogens (tertiary/aromatic N) is 4. The molecule has 7 nitrogen and oxygen atoms in total. The van der Waals surface area contributed by atoms with Gasteiger partial charge in [-0.3, -0.25) is 4.79 Å². The van der Waals surface area contributed by atoms with Gasteiger partial charge in [0.15, 0.2) is 11.6 Å². The minimum atomic E-state index is -0.859. The van der Waals surface area contributed by atoms with Gasteiger partial charge in [0.1, 0.15) is 23.0 Å². The molecule has 2 aromatic heterocycles. The number of rotatable bonds is 3. The van der Waals surface area contributed by atoms with Gasteiger partial charge in [-0.2, -0.15) is 10.4 Å². The quantitative estimate of drug-likeness (QED) is 0.492. The zero-order valence-electron chi connectivity index (χ0n) is 17.1. The average Bonchev–Trinajstić information content (AvgIpc) is 3.23. The number of fused-ring (bicyclic) bond motifs is 1. The smallest absolute Gasteiger partial charge is 0.259 e. The number of para-hydroxylation sites is 1. The molecule has 0 spiro atoms. The van der Waals surface area contributed by atoms with Crippen molar-refractivity contribution in [2.45, 2.75) is 0 Å². The van der Waals surface area contributed by atoms with Crippen LogP contribution in [0.3, 0.4) is 0 Å². The van der Waals surface area contributed by atoms with Crippen LogP contribution in [0.15, 0.2) is 47.4 Å². The normalized spacial score (nSPS) is 13.9. The summed E-state index contributed by atoms with van der Waals surface area (Å²) in [5.74, 6) is -1.72. The van der Waals surface area contributed by atoms with Crippen molar-refractivity contribution in [3.8, 4) is 23.0 Å². The van der Waals surface area contributed by atoms with Crippen molar-refractivity contribution in [1.82, 2.24) is 14.8 Å². The van der Waals surface area contributed by atoms with Crippen LogP contribution in [0.2, 0.25) is 5.02 Å². The first-order valence-electron chi connectivity index (χ1n) is 10.1. The summed E-state index contributed by atoms with van der Waals surface area (Å²) in [6.45, 7) is 2.41. The Morgan fingerprint density at radius 1 is 1.15 bits per heavy atom. The number of hydrogen-bond acceptors (Lipinski definition) is 5. The molecule has 0 aliphatic carbocycles. The first kappa shape index (κ1) is 21.1. The van der Waals surface area contributed by atoms with Crippen molar-refractivity contribution in [3.05, 3.63) is 75.2 Å². The zero-order valence-corrected chi connectivity index (χ0v) is 17.9. The van der Waals surface area contributed by atoms with Gasteiger partial charge in [-0.25, -0.2) is 13.5 Å². The topological polar surface area (TPSA) is 86.9 Å². The molecule has 33 heavy (non-hydrogen) atoms. The van der Waals surface area contributed by atoms with Crippen molar-refractivity contribution >= 4 is 28.2 Å². The number of H-pyrrole nitrogens is 1. The molecule has 0 bridgehead atoms. The molecule has 1 N–H and O–H groups in total. The average molecular weight is 468 g/mol. The van der Waals surface area contributed by atoms with Crippen LogP contribution in [0.4, 0.5) is 14.5 Å². The third kappa shape index (κ3) is 3.53. The second kappa shape index (κ2) is 8.31. The fraction of sp³-hybridized carbons (Fsp3) is 0.174. The highest BCUT2D eigenvalue weighted by molar-refractivity contribution is 6.35. The standard InChI is InChI=1S/C23H16ClF2N5O2/c24-15-12-28-23(32)19-20(29-31(21(15)19)22-16(25)2-1-3-17(22)26)13-4-5-18(14(10-13)11-27)30-6-8-33-9-7-30/h1-5,10,12H,6-9H2,(H,28,32). The highest BCUT2D eigenvalue weighted by Crippen LogP contribution is 2.34.